The van der Waals surface area contributed by atoms with Crippen LogP contribution in [0, 0.1) is 0 Å². The van der Waals surface area contributed by atoms with Gasteiger partial charge in [-0.2, -0.15) is 0 Å². The Morgan fingerprint density at radius 1 is 1.17 bits per heavy atom. The van der Waals surface area contributed by atoms with Crippen LogP contribution in [0.15, 0.2) is 30.8 Å². The largest absolute Gasteiger partial charge is 0.508 e. The number of benzene rings is 1. The first-order chi connectivity index (χ1) is 8.78. The normalized spacial score (nSPS) is 23.8. The molecule has 2 fully saturated rings. The average Bonchev–Trinajstić information content (AvgIpc) is 3.26. The molecule has 2 heterocycles. The monoisotopic (exact) mass is 250 g/mol. The average molecular weight is 250 g/mol. The molecule has 1 aromatic carbocycles. The minimum Gasteiger partial charge on any atom is -0.508 e. The Hall–Kier alpha value is -1.36. The summed E-state index contributed by atoms with van der Waals surface area (Å²) >= 11 is 0. The zero-order valence-electron chi connectivity index (χ0n) is 10.2. The zero-order valence-corrected chi connectivity index (χ0v) is 10.2. The van der Waals surface area contributed by atoms with Crippen LogP contribution in [0.2, 0.25) is 0 Å². The fourth-order valence-electron chi connectivity index (χ4n) is 1.27. The Morgan fingerprint density at radius 3 is 2.06 bits per heavy atom. The Bertz CT molecular complexity index is 354. The van der Waals surface area contributed by atoms with Crippen molar-refractivity contribution in [1.29, 1.82) is 0 Å². The highest BCUT2D eigenvalue weighted by atomic mass is 16.6. The molecule has 2 unspecified atom stereocenters. The van der Waals surface area contributed by atoms with Crippen LogP contribution >= 0.6 is 0 Å². The topological polar surface area (TPSA) is 54.5 Å². The van der Waals surface area contributed by atoms with Gasteiger partial charge in [-0.25, -0.2) is 0 Å². The van der Waals surface area contributed by atoms with Crippen LogP contribution in [0.4, 0.5) is 0 Å². The summed E-state index contributed by atoms with van der Waals surface area (Å²) in [6.45, 7) is 6.84. The van der Waals surface area contributed by atoms with E-state index >= 15 is 0 Å². The van der Waals surface area contributed by atoms with Crippen molar-refractivity contribution < 1.29 is 19.3 Å². The molecular formula is C14H18O4. The maximum Gasteiger partial charge on any atom is 0.115 e. The summed E-state index contributed by atoms with van der Waals surface area (Å²) in [5, 5.41) is 8.82. The van der Waals surface area contributed by atoms with Gasteiger partial charge in [-0.1, -0.05) is 24.8 Å². The maximum atomic E-state index is 8.82. The highest BCUT2D eigenvalue weighted by Gasteiger charge is 2.26. The molecule has 4 heteroatoms. The van der Waals surface area contributed by atoms with Crippen molar-refractivity contribution in [3.05, 3.63) is 36.4 Å². The molecular weight excluding hydrogens is 232 g/mol. The Balaban J connectivity index is 0.000000134. The fraction of sp³-hybridized carbons (Fsp3) is 0.429. The number of ether oxygens (including phenoxy) is 3. The molecule has 0 radical (unpaired) electrons. The molecule has 0 saturated carbocycles. The van der Waals surface area contributed by atoms with Crippen molar-refractivity contribution in [1.82, 2.24) is 0 Å². The predicted molar refractivity (Wildman–Crippen MR) is 68.5 cm³/mol. The van der Waals surface area contributed by atoms with E-state index in [-0.39, 0.29) is 0 Å². The molecule has 2 aliphatic heterocycles. The summed E-state index contributed by atoms with van der Waals surface area (Å²) in [5.74, 6) is 0.292. The van der Waals surface area contributed by atoms with Crippen molar-refractivity contribution in [2.75, 3.05) is 26.4 Å². The molecule has 98 valence electrons. The molecule has 4 nitrogen and oxygen atoms in total. The van der Waals surface area contributed by atoms with E-state index in [9.17, 15) is 0 Å². The van der Waals surface area contributed by atoms with Gasteiger partial charge in [0.05, 0.1) is 26.4 Å². The second kappa shape index (κ2) is 6.54. The Kier molecular flexibility index (Phi) is 4.75. The van der Waals surface area contributed by atoms with Crippen LogP contribution in [0.5, 0.6) is 5.75 Å². The lowest BCUT2D eigenvalue weighted by molar-refractivity contribution is 0.102. The van der Waals surface area contributed by atoms with Crippen molar-refractivity contribution >= 4 is 6.08 Å². The van der Waals surface area contributed by atoms with Crippen molar-refractivity contribution in [3.8, 4) is 5.75 Å². The fourth-order valence-corrected chi connectivity index (χ4v) is 1.27. The molecule has 0 bridgehead atoms. The minimum atomic E-state index is 0.292. The van der Waals surface area contributed by atoms with Crippen LogP contribution in [0.1, 0.15) is 5.56 Å². The van der Waals surface area contributed by atoms with E-state index in [1.54, 1.807) is 18.2 Å². The van der Waals surface area contributed by atoms with Gasteiger partial charge in [0, 0.05) is 0 Å². The second-order valence-electron chi connectivity index (χ2n) is 4.24. The quantitative estimate of drug-likeness (QED) is 0.810. The van der Waals surface area contributed by atoms with Crippen LogP contribution < -0.4 is 0 Å². The standard InChI is InChI=1S/C8H8O.C6H10O3/c1-2-7-3-5-8(9)6-4-7;1(5-3-8-5)7-2-6-4-9-6/h2-6,9H,1H2;5-6H,1-4H2. The zero-order chi connectivity index (χ0) is 12.8. The number of aromatic hydroxyl groups is 1. The van der Waals surface area contributed by atoms with Gasteiger partial charge in [0.1, 0.15) is 18.0 Å². The molecule has 3 rings (SSSR count). The molecule has 2 aliphatic rings. The van der Waals surface area contributed by atoms with E-state index in [4.69, 9.17) is 19.3 Å². The van der Waals surface area contributed by atoms with Crippen LogP contribution in [-0.4, -0.2) is 43.7 Å². The van der Waals surface area contributed by atoms with Gasteiger partial charge < -0.3 is 19.3 Å². The Labute approximate surface area is 107 Å². The van der Waals surface area contributed by atoms with Crippen LogP contribution in [0.25, 0.3) is 6.08 Å². The maximum absolute atomic E-state index is 8.82. The molecule has 0 aromatic heterocycles. The van der Waals surface area contributed by atoms with E-state index in [0.29, 0.717) is 18.0 Å². The van der Waals surface area contributed by atoms with Gasteiger partial charge in [0.25, 0.3) is 0 Å². The van der Waals surface area contributed by atoms with E-state index in [0.717, 1.165) is 32.0 Å². The third-order valence-electron chi connectivity index (χ3n) is 2.54. The van der Waals surface area contributed by atoms with Crippen LogP contribution in [0.3, 0.4) is 0 Å². The number of epoxide rings is 2. The first kappa shape index (κ1) is 13.1. The summed E-state index contributed by atoms with van der Waals surface area (Å²) < 4.78 is 15.1. The number of rotatable bonds is 5. The molecule has 18 heavy (non-hydrogen) atoms. The Morgan fingerprint density at radius 2 is 1.67 bits per heavy atom. The number of hydrogen-bond acceptors (Lipinski definition) is 4. The lowest BCUT2D eigenvalue weighted by Crippen LogP contribution is -2.06. The first-order valence-electron chi connectivity index (χ1n) is 6.00. The third-order valence-corrected chi connectivity index (χ3v) is 2.54. The molecule has 0 spiro atoms. The summed E-state index contributed by atoms with van der Waals surface area (Å²) in [5.41, 5.74) is 1.02. The van der Waals surface area contributed by atoms with Gasteiger partial charge in [0.2, 0.25) is 0 Å². The highest BCUT2D eigenvalue weighted by molar-refractivity contribution is 5.47. The first-order valence-corrected chi connectivity index (χ1v) is 6.00. The van der Waals surface area contributed by atoms with E-state index in [1.807, 2.05) is 12.1 Å². The highest BCUT2D eigenvalue weighted by Crippen LogP contribution is 2.12. The van der Waals surface area contributed by atoms with E-state index < -0.39 is 0 Å². The molecule has 2 saturated heterocycles. The number of phenolic OH excluding ortho intramolecular Hbond substituents is 1. The van der Waals surface area contributed by atoms with Gasteiger partial charge in [-0.15, -0.1) is 0 Å². The number of phenols is 1. The van der Waals surface area contributed by atoms with Crippen molar-refractivity contribution in [3.63, 3.8) is 0 Å². The summed E-state index contributed by atoms with van der Waals surface area (Å²) in [4.78, 5) is 0. The molecule has 0 aliphatic carbocycles. The third kappa shape index (κ3) is 5.31. The van der Waals surface area contributed by atoms with Crippen molar-refractivity contribution in [2.45, 2.75) is 12.2 Å². The second-order valence-corrected chi connectivity index (χ2v) is 4.24. The molecule has 0 amide bonds. The van der Waals surface area contributed by atoms with Gasteiger partial charge in [0.15, 0.2) is 0 Å². The molecule has 2 atom stereocenters. The van der Waals surface area contributed by atoms with E-state index in [1.165, 1.54) is 0 Å². The minimum absolute atomic E-state index is 0.292. The van der Waals surface area contributed by atoms with Crippen LogP contribution in [-0.2, 0) is 14.2 Å². The lowest BCUT2D eigenvalue weighted by atomic mass is 10.2. The smallest absolute Gasteiger partial charge is 0.115 e. The number of hydrogen-bond donors (Lipinski definition) is 1. The van der Waals surface area contributed by atoms with Gasteiger partial charge in [-0.05, 0) is 17.7 Å². The molecule has 1 N–H and O–H groups in total. The SMILES string of the molecule is C(OCC1CO1)C1CO1.C=Cc1ccc(O)cc1. The lowest BCUT2D eigenvalue weighted by Gasteiger charge is -1.95. The van der Waals surface area contributed by atoms with E-state index in [2.05, 4.69) is 6.58 Å². The van der Waals surface area contributed by atoms with Crippen molar-refractivity contribution in [2.24, 2.45) is 0 Å². The molecule has 1 aromatic rings. The summed E-state index contributed by atoms with van der Waals surface area (Å²) in [7, 11) is 0. The summed E-state index contributed by atoms with van der Waals surface area (Å²) in [6, 6.07) is 6.89. The summed E-state index contributed by atoms with van der Waals surface area (Å²) in [6.07, 6.45) is 2.52. The van der Waals surface area contributed by atoms with Gasteiger partial charge in [-0.3, -0.25) is 0 Å². The predicted octanol–water partition coefficient (Wildman–Crippen LogP) is 1.84. The van der Waals surface area contributed by atoms with Gasteiger partial charge >= 0.3 is 0 Å².